The molecule has 12 heavy (non-hydrogen) atoms. The molecule has 0 spiro atoms. The average Bonchev–Trinajstić information content (AvgIpc) is 2.53. The van der Waals surface area contributed by atoms with E-state index < -0.39 is 0 Å². The second kappa shape index (κ2) is 2.81. The number of aromatic nitrogens is 1. The number of rotatable bonds is 1. The number of carbonyl (C=O) groups excluding carboxylic acids is 1. The van der Waals surface area contributed by atoms with Crippen LogP contribution in [-0.2, 0) is 0 Å². The number of anilines is 1. The van der Waals surface area contributed by atoms with E-state index in [0.29, 0.717) is 13.1 Å². The number of nitrogens with zero attached hydrogens (tertiary/aromatic N) is 3. The smallest absolute Gasteiger partial charge is 0.291 e. The molecule has 1 aromatic heterocycles. The number of amides is 2. The summed E-state index contributed by atoms with van der Waals surface area (Å²) in [6, 6.07) is 3.46. The first kappa shape index (κ1) is 7.09. The molecular formula is C8H8N3O. The van der Waals surface area contributed by atoms with Crippen LogP contribution in [0.5, 0.6) is 0 Å². The van der Waals surface area contributed by atoms with Crippen LogP contribution >= 0.6 is 0 Å². The molecule has 2 amide bonds. The summed E-state index contributed by atoms with van der Waals surface area (Å²) in [6.07, 6.45) is 3.34. The van der Waals surface area contributed by atoms with Gasteiger partial charge in [-0.25, -0.2) is 10.1 Å². The Balaban J connectivity index is 2.25. The molecule has 2 rings (SSSR count). The van der Waals surface area contributed by atoms with Crippen LogP contribution in [0.1, 0.15) is 0 Å². The van der Waals surface area contributed by atoms with E-state index in [1.54, 1.807) is 29.4 Å². The van der Waals surface area contributed by atoms with Crippen LogP contribution in [0, 0.1) is 0 Å². The third-order valence-electron chi connectivity index (χ3n) is 1.78. The Hall–Kier alpha value is -1.58. The van der Waals surface area contributed by atoms with Crippen LogP contribution in [0.3, 0.4) is 0 Å². The van der Waals surface area contributed by atoms with Crippen molar-refractivity contribution in [3.8, 4) is 0 Å². The first-order valence-electron chi connectivity index (χ1n) is 3.77. The van der Waals surface area contributed by atoms with Crippen molar-refractivity contribution in [2.45, 2.75) is 0 Å². The Morgan fingerprint density at radius 1 is 1.33 bits per heavy atom. The summed E-state index contributed by atoms with van der Waals surface area (Å²) in [4.78, 5) is 16.6. The van der Waals surface area contributed by atoms with Gasteiger partial charge < -0.3 is 0 Å². The predicted molar refractivity (Wildman–Crippen MR) is 44.0 cm³/mol. The SMILES string of the molecule is O=C1[N]CCN1c1ccncc1. The van der Waals surface area contributed by atoms with Gasteiger partial charge in [0.15, 0.2) is 0 Å². The highest BCUT2D eigenvalue weighted by Gasteiger charge is 2.22. The van der Waals surface area contributed by atoms with Crippen molar-refractivity contribution in [2.75, 3.05) is 18.0 Å². The van der Waals surface area contributed by atoms with Gasteiger partial charge in [-0.05, 0) is 12.1 Å². The van der Waals surface area contributed by atoms with Crippen LogP contribution in [0.2, 0.25) is 0 Å². The lowest BCUT2D eigenvalue weighted by Crippen LogP contribution is -2.24. The maximum Gasteiger partial charge on any atom is 0.343 e. The molecule has 1 aliphatic heterocycles. The zero-order valence-electron chi connectivity index (χ0n) is 6.47. The lowest BCUT2D eigenvalue weighted by Gasteiger charge is -2.12. The summed E-state index contributed by atoms with van der Waals surface area (Å²) in [7, 11) is 0. The normalized spacial score (nSPS) is 16.3. The molecule has 1 radical (unpaired) electrons. The number of hydrogen-bond donors (Lipinski definition) is 0. The molecule has 0 atom stereocenters. The molecule has 0 saturated carbocycles. The van der Waals surface area contributed by atoms with Gasteiger partial charge in [-0.3, -0.25) is 9.88 Å². The monoisotopic (exact) mass is 162 g/mol. The molecule has 1 aliphatic rings. The van der Waals surface area contributed by atoms with Crippen molar-refractivity contribution >= 4 is 11.7 Å². The van der Waals surface area contributed by atoms with Crippen LogP contribution in [0.25, 0.3) is 0 Å². The molecule has 1 saturated heterocycles. The lowest BCUT2D eigenvalue weighted by molar-refractivity contribution is 0.251. The topological polar surface area (TPSA) is 47.3 Å². The first-order valence-corrected chi connectivity index (χ1v) is 3.77. The second-order valence-corrected chi connectivity index (χ2v) is 2.52. The molecule has 4 heteroatoms. The van der Waals surface area contributed by atoms with Gasteiger partial charge in [0.25, 0.3) is 0 Å². The number of pyridine rings is 1. The van der Waals surface area contributed by atoms with Crippen molar-refractivity contribution in [2.24, 2.45) is 0 Å². The first-order chi connectivity index (χ1) is 5.88. The fourth-order valence-electron chi connectivity index (χ4n) is 1.19. The third-order valence-corrected chi connectivity index (χ3v) is 1.78. The highest BCUT2D eigenvalue weighted by molar-refractivity contribution is 5.93. The van der Waals surface area contributed by atoms with E-state index in [0.717, 1.165) is 5.69 Å². The summed E-state index contributed by atoms with van der Waals surface area (Å²) >= 11 is 0. The predicted octanol–water partition coefficient (Wildman–Crippen LogP) is 0.626. The molecule has 0 aliphatic carbocycles. The number of hydrogen-bond acceptors (Lipinski definition) is 2. The molecule has 1 aromatic rings. The Morgan fingerprint density at radius 2 is 2.08 bits per heavy atom. The van der Waals surface area contributed by atoms with Gasteiger partial charge in [0.1, 0.15) is 0 Å². The van der Waals surface area contributed by atoms with Gasteiger partial charge in [-0.1, -0.05) is 0 Å². The average molecular weight is 162 g/mol. The summed E-state index contributed by atoms with van der Waals surface area (Å²) in [5, 5.41) is 3.76. The molecule has 0 N–H and O–H groups in total. The van der Waals surface area contributed by atoms with Crippen LogP contribution in [0.15, 0.2) is 24.5 Å². The highest BCUT2D eigenvalue weighted by Crippen LogP contribution is 2.14. The second-order valence-electron chi connectivity index (χ2n) is 2.52. The molecule has 1 fully saturated rings. The van der Waals surface area contributed by atoms with Crippen LogP contribution < -0.4 is 10.2 Å². The molecule has 0 bridgehead atoms. The molecule has 2 heterocycles. The molecular weight excluding hydrogens is 154 g/mol. The van der Waals surface area contributed by atoms with Crippen molar-refractivity contribution in [1.82, 2.24) is 10.3 Å². The van der Waals surface area contributed by atoms with Crippen molar-refractivity contribution in [3.05, 3.63) is 24.5 Å². The Labute approximate surface area is 70.2 Å². The number of carbonyl (C=O) groups is 1. The standard InChI is InChI=1S/C8H8N3O/c12-8-10-5-6-11(8)7-1-3-9-4-2-7/h1-4H,5-6H2. The highest BCUT2D eigenvalue weighted by atomic mass is 16.2. The van der Waals surface area contributed by atoms with Crippen molar-refractivity contribution in [1.29, 1.82) is 0 Å². The van der Waals surface area contributed by atoms with Gasteiger partial charge in [-0.2, -0.15) is 0 Å². The zero-order valence-corrected chi connectivity index (χ0v) is 6.47. The van der Waals surface area contributed by atoms with Gasteiger partial charge >= 0.3 is 6.03 Å². The minimum absolute atomic E-state index is 0.152. The Bertz CT molecular complexity index is 286. The van der Waals surface area contributed by atoms with E-state index >= 15 is 0 Å². The molecule has 0 aromatic carbocycles. The molecule has 4 nitrogen and oxygen atoms in total. The van der Waals surface area contributed by atoms with Crippen LogP contribution in [0.4, 0.5) is 10.5 Å². The third kappa shape index (κ3) is 1.11. The van der Waals surface area contributed by atoms with E-state index in [4.69, 9.17) is 0 Å². The van der Waals surface area contributed by atoms with Gasteiger partial charge in [-0.15, -0.1) is 0 Å². The summed E-state index contributed by atoms with van der Waals surface area (Å²) in [5.74, 6) is 0. The van der Waals surface area contributed by atoms with E-state index in [2.05, 4.69) is 10.3 Å². The Morgan fingerprint density at radius 3 is 2.67 bits per heavy atom. The largest absolute Gasteiger partial charge is 0.343 e. The Kier molecular flexibility index (Phi) is 1.66. The van der Waals surface area contributed by atoms with E-state index in [1.807, 2.05) is 0 Å². The summed E-state index contributed by atoms with van der Waals surface area (Å²) in [6.45, 7) is 1.28. The minimum Gasteiger partial charge on any atom is -0.291 e. The maximum atomic E-state index is 11.1. The summed E-state index contributed by atoms with van der Waals surface area (Å²) in [5.41, 5.74) is 0.872. The maximum absolute atomic E-state index is 11.1. The van der Waals surface area contributed by atoms with Crippen molar-refractivity contribution < 1.29 is 4.79 Å². The van der Waals surface area contributed by atoms with E-state index in [-0.39, 0.29) is 6.03 Å². The molecule has 0 unspecified atom stereocenters. The fourth-order valence-corrected chi connectivity index (χ4v) is 1.19. The molecule has 61 valence electrons. The van der Waals surface area contributed by atoms with Gasteiger partial charge in [0, 0.05) is 24.6 Å². The van der Waals surface area contributed by atoms with Crippen LogP contribution in [-0.4, -0.2) is 24.1 Å². The van der Waals surface area contributed by atoms with Gasteiger partial charge in [0.05, 0.1) is 6.54 Å². The quantitative estimate of drug-likeness (QED) is 0.608. The lowest BCUT2D eigenvalue weighted by atomic mass is 10.4. The fraction of sp³-hybridized carbons (Fsp3) is 0.250. The van der Waals surface area contributed by atoms with E-state index in [9.17, 15) is 4.79 Å². The van der Waals surface area contributed by atoms with E-state index in [1.165, 1.54) is 0 Å². The number of urea groups is 1. The van der Waals surface area contributed by atoms with Gasteiger partial charge in [0.2, 0.25) is 0 Å². The minimum atomic E-state index is -0.152. The van der Waals surface area contributed by atoms with Crippen molar-refractivity contribution in [3.63, 3.8) is 0 Å². The zero-order chi connectivity index (χ0) is 8.39. The summed E-state index contributed by atoms with van der Waals surface area (Å²) < 4.78 is 0.